The van der Waals surface area contributed by atoms with Crippen molar-refractivity contribution in [3.8, 4) is 0 Å². The predicted molar refractivity (Wildman–Crippen MR) is 70.9 cm³/mol. The van der Waals surface area contributed by atoms with Crippen LogP contribution in [0.15, 0.2) is 22.7 Å². The van der Waals surface area contributed by atoms with Crippen LogP contribution in [0.2, 0.25) is 0 Å². The summed E-state index contributed by atoms with van der Waals surface area (Å²) in [5, 5.41) is 11.9. The Labute approximate surface area is 109 Å². The first-order valence-electron chi connectivity index (χ1n) is 5.40. The molecule has 2 atom stereocenters. The van der Waals surface area contributed by atoms with Crippen molar-refractivity contribution in [3.05, 3.63) is 33.8 Å². The maximum absolute atomic E-state index is 11.8. The Kier molecular flexibility index (Phi) is 5.11. The molecule has 4 N–H and O–H groups in total. The summed E-state index contributed by atoms with van der Waals surface area (Å²) in [6.45, 7) is 3.77. The molecule has 0 heterocycles. The number of aryl methyl sites for hydroxylation is 1. The number of rotatable bonds is 4. The molecule has 0 saturated carbocycles. The molecule has 1 rings (SSSR count). The molecule has 5 heteroatoms. The number of nitrogens with one attached hydrogen (secondary N) is 1. The summed E-state index contributed by atoms with van der Waals surface area (Å²) in [4.78, 5) is 11.8. The average Bonchev–Trinajstić information content (AvgIpc) is 2.28. The minimum atomic E-state index is -0.637. The highest BCUT2D eigenvalue weighted by molar-refractivity contribution is 9.10. The van der Waals surface area contributed by atoms with E-state index in [1.807, 2.05) is 13.0 Å². The first-order valence-corrected chi connectivity index (χ1v) is 6.19. The standard InChI is InChI=1S/C12H17BrN2O2/c1-7-5-9(3-4-10(7)13)12(17)15-6-11(14)8(2)16/h3-5,8,11,16H,6,14H2,1-2H3,(H,15,17). The van der Waals surface area contributed by atoms with Crippen LogP contribution >= 0.6 is 15.9 Å². The molecule has 0 spiro atoms. The second-order valence-corrected chi connectivity index (χ2v) is 4.93. The number of aliphatic hydroxyl groups is 1. The Morgan fingerprint density at radius 1 is 1.59 bits per heavy atom. The third-order valence-corrected chi connectivity index (χ3v) is 3.43. The molecule has 0 saturated heterocycles. The number of aliphatic hydroxyl groups excluding tert-OH is 1. The van der Waals surface area contributed by atoms with Crippen molar-refractivity contribution in [1.82, 2.24) is 5.32 Å². The van der Waals surface area contributed by atoms with E-state index in [1.54, 1.807) is 19.1 Å². The van der Waals surface area contributed by atoms with Crippen molar-refractivity contribution < 1.29 is 9.90 Å². The number of amides is 1. The van der Waals surface area contributed by atoms with Gasteiger partial charge in [0.2, 0.25) is 0 Å². The minimum Gasteiger partial charge on any atom is -0.392 e. The van der Waals surface area contributed by atoms with Crippen molar-refractivity contribution in [2.45, 2.75) is 26.0 Å². The summed E-state index contributed by atoms with van der Waals surface area (Å²) < 4.78 is 0.967. The fourth-order valence-electron chi connectivity index (χ4n) is 1.27. The molecule has 1 aromatic carbocycles. The Hall–Kier alpha value is -0.910. The molecular weight excluding hydrogens is 284 g/mol. The third kappa shape index (κ3) is 4.11. The number of nitrogens with two attached hydrogens (primary N) is 1. The van der Waals surface area contributed by atoms with Gasteiger partial charge in [-0.05, 0) is 37.6 Å². The van der Waals surface area contributed by atoms with Gasteiger partial charge in [-0.2, -0.15) is 0 Å². The number of carbonyl (C=O) groups is 1. The fourth-order valence-corrected chi connectivity index (χ4v) is 1.52. The summed E-state index contributed by atoms with van der Waals surface area (Å²) in [6, 6.07) is 4.92. The maximum Gasteiger partial charge on any atom is 0.251 e. The Morgan fingerprint density at radius 3 is 2.76 bits per heavy atom. The van der Waals surface area contributed by atoms with Crippen LogP contribution in [-0.2, 0) is 0 Å². The number of hydrogen-bond acceptors (Lipinski definition) is 3. The quantitative estimate of drug-likeness (QED) is 0.782. The van der Waals surface area contributed by atoms with Gasteiger partial charge in [0.1, 0.15) is 0 Å². The zero-order valence-corrected chi connectivity index (χ0v) is 11.5. The van der Waals surface area contributed by atoms with Gasteiger partial charge in [0.25, 0.3) is 5.91 Å². The van der Waals surface area contributed by atoms with Gasteiger partial charge in [-0.1, -0.05) is 15.9 Å². The lowest BCUT2D eigenvalue weighted by Crippen LogP contribution is -2.43. The van der Waals surface area contributed by atoms with Gasteiger partial charge in [0.05, 0.1) is 6.10 Å². The van der Waals surface area contributed by atoms with Crippen molar-refractivity contribution in [3.63, 3.8) is 0 Å². The number of benzene rings is 1. The van der Waals surface area contributed by atoms with E-state index in [2.05, 4.69) is 21.2 Å². The molecular formula is C12H17BrN2O2. The number of halogens is 1. The summed E-state index contributed by atoms with van der Waals surface area (Å²) in [6.07, 6.45) is -0.637. The van der Waals surface area contributed by atoms with E-state index in [1.165, 1.54) is 0 Å². The van der Waals surface area contributed by atoms with Gasteiger partial charge in [-0.3, -0.25) is 4.79 Å². The van der Waals surface area contributed by atoms with Crippen molar-refractivity contribution in [2.24, 2.45) is 5.73 Å². The predicted octanol–water partition coefficient (Wildman–Crippen LogP) is 1.20. The lowest BCUT2D eigenvalue weighted by molar-refractivity contribution is 0.0937. The average molecular weight is 301 g/mol. The lowest BCUT2D eigenvalue weighted by Gasteiger charge is -2.15. The van der Waals surface area contributed by atoms with Crippen molar-refractivity contribution in [2.75, 3.05) is 6.54 Å². The molecule has 0 aliphatic heterocycles. The maximum atomic E-state index is 11.8. The molecule has 4 nitrogen and oxygen atoms in total. The summed E-state index contributed by atoms with van der Waals surface area (Å²) in [5.74, 6) is -0.184. The smallest absolute Gasteiger partial charge is 0.251 e. The molecule has 1 aromatic rings. The van der Waals surface area contributed by atoms with E-state index in [0.717, 1.165) is 10.0 Å². The molecule has 0 aliphatic rings. The molecule has 94 valence electrons. The molecule has 17 heavy (non-hydrogen) atoms. The van der Waals surface area contributed by atoms with Crippen molar-refractivity contribution in [1.29, 1.82) is 0 Å². The van der Waals surface area contributed by atoms with Crippen LogP contribution in [-0.4, -0.2) is 29.7 Å². The molecule has 2 unspecified atom stereocenters. The Bertz CT molecular complexity index is 407. The second kappa shape index (κ2) is 6.14. The summed E-state index contributed by atoms with van der Waals surface area (Å²) in [5.41, 5.74) is 7.21. The molecule has 0 aromatic heterocycles. The normalized spacial score (nSPS) is 14.2. The van der Waals surface area contributed by atoms with E-state index in [9.17, 15) is 9.90 Å². The lowest BCUT2D eigenvalue weighted by atomic mass is 10.1. The first kappa shape index (κ1) is 14.2. The summed E-state index contributed by atoms with van der Waals surface area (Å²) >= 11 is 3.37. The van der Waals surface area contributed by atoms with E-state index in [-0.39, 0.29) is 12.5 Å². The van der Waals surface area contributed by atoms with Gasteiger partial charge in [-0.15, -0.1) is 0 Å². The van der Waals surface area contributed by atoms with Gasteiger partial charge in [0.15, 0.2) is 0 Å². The van der Waals surface area contributed by atoms with E-state index < -0.39 is 12.1 Å². The van der Waals surface area contributed by atoms with Gasteiger partial charge >= 0.3 is 0 Å². The Balaban J connectivity index is 2.61. The zero-order chi connectivity index (χ0) is 13.0. The summed E-state index contributed by atoms with van der Waals surface area (Å²) in [7, 11) is 0. The van der Waals surface area contributed by atoms with Gasteiger partial charge < -0.3 is 16.2 Å². The van der Waals surface area contributed by atoms with E-state index in [4.69, 9.17) is 5.73 Å². The second-order valence-electron chi connectivity index (χ2n) is 4.08. The monoisotopic (exact) mass is 300 g/mol. The van der Waals surface area contributed by atoms with Crippen molar-refractivity contribution >= 4 is 21.8 Å². The molecule has 0 fully saturated rings. The van der Waals surface area contributed by atoms with Gasteiger partial charge in [0, 0.05) is 22.6 Å². The minimum absolute atomic E-state index is 0.184. The van der Waals surface area contributed by atoms with Crippen LogP contribution in [0.4, 0.5) is 0 Å². The van der Waals surface area contributed by atoms with Crippen LogP contribution in [0, 0.1) is 6.92 Å². The van der Waals surface area contributed by atoms with Crippen LogP contribution in [0.1, 0.15) is 22.8 Å². The highest BCUT2D eigenvalue weighted by atomic mass is 79.9. The molecule has 0 aliphatic carbocycles. The number of hydrogen-bond donors (Lipinski definition) is 3. The van der Waals surface area contributed by atoms with E-state index >= 15 is 0 Å². The largest absolute Gasteiger partial charge is 0.392 e. The number of carbonyl (C=O) groups excluding carboxylic acids is 1. The SMILES string of the molecule is Cc1cc(C(=O)NCC(N)C(C)O)ccc1Br. The first-order chi connectivity index (χ1) is 7.91. The Morgan fingerprint density at radius 2 is 2.24 bits per heavy atom. The van der Waals surface area contributed by atoms with E-state index in [0.29, 0.717) is 5.56 Å². The zero-order valence-electron chi connectivity index (χ0n) is 9.90. The highest BCUT2D eigenvalue weighted by Crippen LogP contribution is 2.16. The van der Waals surface area contributed by atoms with Crippen LogP contribution < -0.4 is 11.1 Å². The highest BCUT2D eigenvalue weighted by Gasteiger charge is 2.12. The fraction of sp³-hybridized carbons (Fsp3) is 0.417. The van der Waals surface area contributed by atoms with Crippen LogP contribution in [0.5, 0.6) is 0 Å². The molecule has 1 amide bonds. The molecule has 0 bridgehead atoms. The van der Waals surface area contributed by atoms with Gasteiger partial charge in [-0.25, -0.2) is 0 Å². The van der Waals surface area contributed by atoms with Crippen LogP contribution in [0.3, 0.4) is 0 Å². The topological polar surface area (TPSA) is 75.4 Å². The van der Waals surface area contributed by atoms with Crippen LogP contribution in [0.25, 0.3) is 0 Å². The molecule has 0 radical (unpaired) electrons. The third-order valence-electron chi connectivity index (χ3n) is 2.54.